The molecule has 1 unspecified atom stereocenters. The zero-order chi connectivity index (χ0) is 18.0. The molecule has 0 aliphatic heterocycles. The van der Waals surface area contributed by atoms with E-state index in [4.69, 9.17) is 28.3 Å². The number of nitrogens with one attached hydrogen (secondary N) is 2. The molecule has 1 heterocycles. The molecule has 0 fully saturated rings. The highest BCUT2D eigenvalue weighted by Crippen LogP contribution is 2.29. The van der Waals surface area contributed by atoms with Crippen LogP contribution in [-0.2, 0) is 4.79 Å². The van der Waals surface area contributed by atoms with Crippen molar-refractivity contribution in [1.82, 2.24) is 9.97 Å². The van der Waals surface area contributed by atoms with Gasteiger partial charge in [-0.3, -0.25) is 4.79 Å². The molecule has 0 radical (unpaired) electrons. The van der Waals surface area contributed by atoms with Gasteiger partial charge < -0.3 is 15.7 Å². The van der Waals surface area contributed by atoms with Crippen LogP contribution in [0.1, 0.15) is 6.92 Å². The summed E-state index contributed by atoms with van der Waals surface area (Å²) in [5.74, 6) is -0.256. The van der Waals surface area contributed by atoms with Crippen molar-refractivity contribution in [3.05, 3.63) is 52.5 Å². The number of nitrogens with zero attached hydrogens (tertiary/aromatic N) is 2. The molecule has 3 N–H and O–H groups in total. The van der Waals surface area contributed by atoms with Crippen LogP contribution in [0.15, 0.2) is 42.5 Å². The van der Waals surface area contributed by atoms with Gasteiger partial charge in [0.05, 0.1) is 16.2 Å². The Kier molecular flexibility index (Phi) is 4.92. The fourth-order valence-electron chi connectivity index (χ4n) is 2.22. The normalized spacial score (nSPS) is 12.0. The third-order valence-corrected chi connectivity index (χ3v) is 4.05. The Balaban J connectivity index is 2.02. The van der Waals surface area contributed by atoms with E-state index in [-0.39, 0.29) is 0 Å². The average Bonchev–Trinajstić information content (AvgIpc) is 2.57. The molecule has 0 spiro atoms. The van der Waals surface area contributed by atoms with Gasteiger partial charge in [-0.25, -0.2) is 4.98 Å². The number of carbonyl (C=O) groups is 1. The number of rotatable bonds is 5. The van der Waals surface area contributed by atoms with E-state index < -0.39 is 12.0 Å². The van der Waals surface area contributed by atoms with Crippen molar-refractivity contribution in [2.75, 3.05) is 10.6 Å². The van der Waals surface area contributed by atoms with Crippen molar-refractivity contribution in [2.24, 2.45) is 0 Å². The van der Waals surface area contributed by atoms with Crippen LogP contribution >= 0.6 is 23.2 Å². The van der Waals surface area contributed by atoms with Crippen LogP contribution in [0.5, 0.6) is 0 Å². The van der Waals surface area contributed by atoms with E-state index in [0.29, 0.717) is 33.0 Å². The highest BCUT2D eigenvalue weighted by molar-refractivity contribution is 6.36. The molecule has 0 saturated carbocycles. The number of halogens is 2. The van der Waals surface area contributed by atoms with Gasteiger partial charge in [-0.15, -0.1) is 0 Å². The van der Waals surface area contributed by atoms with Crippen LogP contribution < -0.4 is 10.6 Å². The Hall–Kier alpha value is -2.57. The molecule has 25 heavy (non-hydrogen) atoms. The number of hydrogen-bond donors (Lipinski definition) is 3. The molecule has 8 heteroatoms. The molecule has 6 nitrogen and oxygen atoms in total. The smallest absolute Gasteiger partial charge is 0.325 e. The maximum absolute atomic E-state index is 11.1. The lowest BCUT2D eigenvalue weighted by molar-refractivity contribution is -0.137. The summed E-state index contributed by atoms with van der Waals surface area (Å²) in [5, 5.41) is 16.7. The van der Waals surface area contributed by atoms with Gasteiger partial charge in [0, 0.05) is 10.4 Å². The molecule has 0 aliphatic carbocycles. The second-order valence-electron chi connectivity index (χ2n) is 5.37. The van der Waals surface area contributed by atoms with Crippen molar-refractivity contribution in [3.63, 3.8) is 0 Å². The first-order chi connectivity index (χ1) is 11.9. The maximum Gasteiger partial charge on any atom is 0.325 e. The Labute approximate surface area is 153 Å². The van der Waals surface area contributed by atoms with E-state index in [0.717, 1.165) is 5.39 Å². The van der Waals surface area contributed by atoms with Gasteiger partial charge in [0.1, 0.15) is 11.9 Å². The number of anilines is 3. The van der Waals surface area contributed by atoms with Crippen LogP contribution in [0.3, 0.4) is 0 Å². The summed E-state index contributed by atoms with van der Waals surface area (Å²) >= 11 is 12.1. The first kappa shape index (κ1) is 17.3. The third kappa shape index (κ3) is 3.92. The van der Waals surface area contributed by atoms with Gasteiger partial charge in [-0.05, 0) is 37.3 Å². The van der Waals surface area contributed by atoms with Crippen LogP contribution in [0, 0.1) is 0 Å². The van der Waals surface area contributed by atoms with E-state index in [1.807, 2.05) is 24.3 Å². The van der Waals surface area contributed by atoms with Gasteiger partial charge in [-0.1, -0.05) is 35.3 Å². The molecular formula is C17H14Cl2N4O2. The Morgan fingerprint density at radius 1 is 1.16 bits per heavy atom. The predicted octanol–water partition coefficient (Wildman–Crippen LogP) is 4.57. The molecule has 0 aliphatic rings. The Bertz CT molecular complexity index is 949. The molecule has 0 saturated heterocycles. The quantitative estimate of drug-likeness (QED) is 0.604. The van der Waals surface area contributed by atoms with Gasteiger partial charge in [0.15, 0.2) is 0 Å². The Morgan fingerprint density at radius 2 is 1.92 bits per heavy atom. The Morgan fingerprint density at radius 3 is 2.64 bits per heavy atom. The van der Waals surface area contributed by atoms with Crippen molar-refractivity contribution in [2.45, 2.75) is 13.0 Å². The molecule has 0 bridgehead atoms. The summed E-state index contributed by atoms with van der Waals surface area (Å²) < 4.78 is 0. The highest BCUT2D eigenvalue weighted by atomic mass is 35.5. The third-order valence-electron chi connectivity index (χ3n) is 3.50. The zero-order valence-electron chi connectivity index (χ0n) is 13.1. The summed E-state index contributed by atoms with van der Waals surface area (Å²) in [5.41, 5.74) is 1.27. The molecule has 128 valence electrons. The monoisotopic (exact) mass is 376 g/mol. The summed E-state index contributed by atoms with van der Waals surface area (Å²) in [6, 6.07) is 11.6. The highest BCUT2D eigenvalue weighted by Gasteiger charge is 2.15. The van der Waals surface area contributed by atoms with Crippen LogP contribution in [0.2, 0.25) is 10.0 Å². The molecular weight excluding hydrogens is 363 g/mol. The zero-order valence-corrected chi connectivity index (χ0v) is 14.6. The maximum atomic E-state index is 11.1. The largest absolute Gasteiger partial charge is 0.480 e. The topological polar surface area (TPSA) is 87.1 Å². The first-order valence-electron chi connectivity index (χ1n) is 7.42. The van der Waals surface area contributed by atoms with Crippen LogP contribution in [0.25, 0.3) is 10.9 Å². The minimum absolute atomic E-state index is 0.294. The van der Waals surface area contributed by atoms with E-state index in [2.05, 4.69) is 20.6 Å². The average molecular weight is 377 g/mol. The van der Waals surface area contributed by atoms with Crippen molar-refractivity contribution >= 4 is 57.5 Å². The van der Waals surface area contributed by atoms with Crippen LogP contribution in [0.4, 0.5) is 17.5 Å². The molecule has 0 amide bonds. The molecule has 3 aromatic rings. The second kappa shape index (κ2) is 7.13. The standard InChI is InChI=1S/C17H14Cl2N4O2/c1-9(16(24)25)20-15-11-4-2-3-5-13(11)21-17(23-15)22-14-7-6-10(18)8-12(14)19/h2-9H,1H3,(H,24,25)(H2,20,21,22,23). The number of aliphatic carboxylic acids is 1. The number of fused-ring (bicyclic) bond motifs is 1. The SMILES string of the molecule is CC(Nc1nc(Nc2ccc(Cl)cc2Cl)nc2ccccc12)C(=O)O. The summed E-state index contributed by atoms with van der Waals surface area (Å²) in [6.45, 7) is 1.54. The minimum Gasteiger partial charge on any atom is -0.480 e. The van der Waals surface area contributed by atoms with E-state index >= 15 is 0 Å². The number of carboxylic acids is 1. The van der Waals surface area contributed by atoms with E-state index in [9.17, 15) is 4.79 Å². The second-order valence-corrected chi connectivity index (χ2v) is 6.21. The molecule has 3 rings (SSSR count). The number of carboxylic acid groups (broad SMARTS) is 1. The van der Waals surface area contributed by atoms with Crippen molar-refractivity contribution in [1.29, 1.82) is 0 Å². The van der Waals surface area contributed by atoms with Gasteiger partial charge in [0.25, 0.3) is 0 Å². The summed E-state index contributed by atoms with van der Waals surface area (Å²) in [4.78, 5) is 20.0. The number of hydrogen-bond acceptors (Lipinski definition) is 5. The number of aromatic nitrogens is 2. The minimum atomic E-state index is -0.974. The van der Waals surface area contributed by atoms with Crippen LogP contribution in [-0.4, -0.2) is 27.1 Å². The van der Waals surface area contributed by atoms with Gasteiger partial charge >= 0.3 is 5.97 Å². The lowest BCUT2D eigenvalue weighted by atomic mass is 10.2. The van der Waals surface area contributed by atoms with Gasteiger partial charge in [-0.2, -0.15) is 4.98 Å². The fraction of sp³-hybridized carbons (Fsp3) is 0.118. The lowest BCUT2D eigenvalue weighted by Gasteiger charge is -2.14. The van der Waals surface area contributed by atoms with Gasteiger partial charge in [0.2, 0.25) is 5.95 Å². The summed E-state index contributed by atoms with van der Waals surface area (Å²) in [6.07, 6.45) is 0. The lowest BCUT2D eigenvalue weighted by Crippen LogP contribution is -2.26. The van der Waals surface area contributed by atoms with E-state index in [1.54, 1.807) is 25.1 Å². The van der Waals surface area contributed by atoms with Crippen molar-refractivity contribution < 1.29 is 9.90 Å². The fourth-order valence-corrected chi connectivity index (χ4v) is 2.68. The molecule has 1 aromatic heterocycles. The predicted molar refractivity (Wildman–Crippen MR) is 100 cm³/mol. The molecule has 2 aromatic carbocycles. The number of para-hydroxylation sites is 1. The van der Waals surface area contributed by atoms with Crippen molar-refractivity contribution in [3.8, 4) is 0 Å². The van der Waals surface area contributed by atoms with E-state index in [1.165, 1.54) is 0 Å². The number of benzene rings is 2. The first-order valence-corrected chi connectivity index (χ1v) is 8.18. The molecule has 1 atom stereocenters. The summed E-state index contributed by atoms with van der Waals surface area (Å²) in [7, 11) is 0.